The number of nitrogens with one attached hydrogen (secondary N) is 2. The van der Waals surface area contributed by atoms with Gasteiger partial charge in [0.15, 0.2) is 5.96 Å². The van der Waals surface area contributed by atoms with E-state index >= 15 is 0 Å². The van der Waals surface area contributed by atoms with Crippen molar-refractivity contribution in [3.8, 4) is 0 Å². The molecule has 0 spiro atoms. The molecule has 29 heavy (non-hydrogen) atoms. The van der Waals surface area contributed by atoms with Gasteiger partial charge in [0.05, 0.1) is 0 Å². The van der Waals surface area contributed by atoms with Crippen molar-refractivity contribution in [3.05, 3.63) is 65.5 Å². The van der Waals surface area contributed by atoms with E-state index in [2.05, 4.69) is 70.8 Å². The molecule has 0 saturated carbocycles. The molecule has 0 radical (unpaired) electrons. The number of nitrogens with zero attached hydrogens (tertiary/aromatic N) is 3. The first-order chi connectivity index (χ1) is 13.7. The molecular formula is C23H34IN5. The first-order valence-electron chi connectivity index (χ1n) is 10.4. The SMILES string of the molecule is CCNC(=NCCc1ccncc1C)NC1CCCN(Cc2ccccc2)C1.I. The summed E-state index contributed by atoms with van der Waals surface area (Å²) in [7, 11) is 0. The third-order valence-electron chi connectivity index (χ3n) is 5.23. The van der Waals surface area contributed by atoms with Crippen LogP contribution in [0.1, 0.15) is 36.5 Å². The molecule has 3 rings (SSSR count). The van der Waals surface area contributed by atoms with E-state index in [9.17, 15) is 0 Å². The Labute approximate surface area is 192 Å². The van der Waals surface area contributed by atoms with Gasteiger partial charge >= 0.3 is 0 Å². The van der Waals surface area contributed by atoms with Crippen molar-refractivity contribution in [3.63, 3.8) is 0 Å². The minimum Gasteiger partial charge on any atom is -0.357 e. The number of pyridine rings is 1. The third-order valence-corrected chi connectivity index (χ3v) is 5.23. The Kier molecular flexibility index (Phi) is 10.4. The van der Waals surface area contributed by atoms with Gasteiger partial charge in [0.25, 0.3) is 0 Å². The van der Waals surface area contributed by atoms with Gasteiger partial charge in [-0.3, -0.25) is 14.9 Å². The molecule has 158 valence electrons. The van der Waals surface area contributed by atoms with Gasteiger partial charge < -0.3 is 10.6 Å². The number of halogens is 1. The molecule has 1 saturated heterocycles. The van der Waals surface area contributed by atoms with E-state index in [1.54, 1.807) is 0 Å². The number of aryl methyl sites for hydroxylation is 1. The zero-order chi connectivity index (χ0) is 19.6. The van der Waals surface area contributed by atoms with Crippen LogP contribution in [0.5, 0.6) is 0 Å². The lowest BCUT2D eigenvalue weighted by molar-refractivity contribution is 0.192. The van der Waals surface area contributed by atoms with Gasteiger partial charge in [0.1, 0.15) is 0 Å². The van der Waals surface area contributed by atoms with Crippen LogP contribution < -0.4 is 10.6 Å². The number of rotatable bonds is 7. The summed E-state index contributed by atoms with van der Waals surface area (Å²) >= 11 is 0. The van der Waals surface area contributed by atoms with E-state index in [4.69, 9.17) is 4.99 Å². The van der Waals surface area contributed by atoms with Crippen LogP contribution in [0.15, 0.2) is 53.8 Å². The van der Waals surface area contributed by atoms with Crippen molar-refractivity contribution < 1.29 is 0 Å². The van der Waals surface area contributed by atoms with Crippen molar-refractivity contribution in [1.82, 2.24) is 20.5 Å². The van der Waals surface area contributed by atoms with Gasteiger partial charge in [-0.1, -0.05) is 30.3 Å². The molecule has 1 fully saturated rings. The van der Waals surface area contributed by atoms with Gasteiger partial charge in [-0.05, 0) is 62.4 Å². The van der Waals surface area contributed by atoms with Gasteiger partial charge in [-0.15, -0.1) is 24.0 Å². The number of hydrogen-bond acceptors (Lipinski definition) is 3. The predicted octanol–water partition coefficient (Wildman–Crippen LogP) is 3.77. The van der Waals surface area contributed by atoms with Crippen molar-refractivity contribution in [2.75, 3.05) is 26.2 Å². The fourth-order valence-electron chi connectivity index (χ4n) is 3.74. The lowest BCUT2D eigenvalue weighted by Crippen LogP contribution is -2.51. The average Bonchev–Trinajstić information content (AvgIpc) is 2.71. The Hall–Kier alpha value is -1.67. The lowest BCUT2D eigenvalue weighted by Gasteiger charge is -2.34. The van der Waals surface area contributed by atoms with Crippen molar-refractivity contribution in [2.45, 2.75) is 45.7 Å². The molecule has 5 nitrogen and oxygen atoms in total. The van der Waals surface area contributed by atoms with E-state index < -0.39 is 0 Å². The minimum atomic E-state index is 0. The number of benzene rings is 1. The standard InChI is InChI=1S/C23H33N5.HI/c1-3-25-23(26-14-12-21-11-13-24-16-19(21)2)27-22-10-7-15-28(18-22)17-20-8-5-4-6-9-20;/h4-6,8-9,11,13,16,22H,3,7,10,12,14-15,17-18H2,1-2H3,(H2,25,26,27);1H. The van der Waals surface area contributed by atoms with Crippen molar-refractivity contribution in [2.24, 2.45) is 4.99 Å². The zero-order valence-electron chi connectivity index (χ0n) is 17.6. The molecule has 0 bridgehead atoms. The van der Waals surface area contributed by atoms with Gasteiger partial charge in [-0.25, -0.2) is 0 Å². The van der Waals surface area contributed by atoms with Crippen LogP contribution in [-0.2, 0) is 13.0 Å². The molecule has 6 heteroatoms. The van der Waals surface area contributed by atoms with Crippen LogP contribution in [-0.4, -0.2) is 48.1 Å². The Morgan fingerprint density at radius 3 is 2.83 bits per heavy atom. The first-order valence-corrected chi connectivity index (χ1v) is 10.4. The van der Waals surface area contributed by atoms with Crippen LogP contribution in [0.2, 0.25) is 0 Å². The summed E-state index contributed by atoms with van der Waals surface area (Å²) in [6, 6.07) is 13.3. The summed E-state index contributed by atoms with van der Waals surface area (Å²) in [5, 5.41) is 7.06. The van der Waals surface area contributed by atoms with Crippen LogP contribution >= 0.6 is 24.0 Å². The quantitative estimate of drug-likeness (QED) is 0.341. The maximum atomic E-state index is 4.81. The topological polar surface area (TPSA) is 52.6 Å². The number of aromatic nitrogens is 1. The molecule has 1 unspecified atom stereocenters. The average molecular weight is 507 g/mol. The van der Waals surface area contributed by atoms with Crippen LogP contribution in [0.4, 0.5) is 0 Å². The zero-order valence-corrected chi connectivity index (χ0v) is 19.9. The van der Waals surface area contributed by atoms with E-state index in [-0.39, 0.29) is 24.0 Å². The number of likely N-dealkylation sites (tertiary alicyclic amines) is 1. The van der Waals surface area contributed by atoms with E-state index in [1.165, 1.54) is 36.1 Å². The molecule has 2 N–H and O–H groups in total. The highest BCUT2D eigenvalue weighted by Crippen LogP contribution is 2.14. The molecule has 2 aromatic rings. The minimum absolute atomic E-state index is 0. The number of hydrogen-bond donors (Lipinski definition) is 2. The van der Waals surface area contributed by atoms with Crippen LogP contribution in [0.3, 0.4) is 0 Å². The highest BCUT2D eigenvalue weighted by Gasteiger charge is 2.20. The summed E-state index contributed by atoms with van der Waals surface area (Å²) in [5.74, 6) is 0.931. The summed E-state index contributed by atoms with van der Waals surface area (Å²) in [6.07, 6.45) is 7.14. The van der Waals surface area contributed by atoms with Crippen molar-refractivity contribution in [1.29, 1.82) is 0 Å². The summed E-state index contributed by atoms with van der Waals surface area (Å²) < 4.78 is 0. The summed E-state index contributed by atoms with van der Waals surface area (Å²) in [4.78, 5) is 11.5. The van der Waals surface area contributed by atoms with Crippen molar-refractivity contribution >= 4 is 29.9 Å². The molecule has 2 heterocycles. The Bertz CT molecular complexity index is 750. The highest BCUT2D eigenvalue weighted by atomic mass is 127. The number of guanidine groups is 1. The fraction of sp³-hybridized carbons (Fsp3) is 0.478. The molecule has 1 aromatic heterocycles. The Morgan fingerprint density at radius 2 is 2.07 bits per heavy atom. The molecule has 1 atom stereocenters. The second-order valence-corrected chi connectivity index (χ2v) is 7.52. The van der Waals surface area contributed by atoms with E-state index in [1.807, 2.05) is 12.4 Å². The third kappa shape index (κ3) is 7.93. The molecule has 0 amide bonds. The summed E-state index contributed by atoms with van der Waals surface area (Å²) in [6.45, 7) is 9.13. The van der Waals surface area contributed by atoms with E-state index in [0.717, 1.165) is 38.6 Å². The second kappa shape index (κ2) is 12.8. The maximum Gasteiger partial charge on any atom is 0.191 e. The monoisotopic (exact) mass is 507 g/mol. The maximum absolute atomic E-state index is 4.81. The van der Waals surface area contributed by atoms with Gasteiger partial charge in [0, 0.05) is 44.6 Å². The normalized spacial score (nSPS) is 17.4. The second-order valence-electron chi connectivity index (χ2n) is 7.52. The molecule has 0 aliphatic carbocycles. The predicted molar refractivity (Wildman–Crippen MR) is 132 cm³/mol. The Morgan fingerprint density at radius 1 is 1.24 bits per heavy atom. The largest absolute Gasteiger partial charge is 0.357 e. The summed E-state index contributed by atoms with van der Waals surface area (Å²) in [5.41, 5.74) is 3.94. The highest BCUT2D eigenvalue weighted by molar-refractivity contribution is 14.0. The number of aliphatic imine (C=N–C) groups is 1. The lowest BCUT2D eigenvalue weighted by atomic mass is 10.0. The van der Waals surface area contributed by atoms with E-state index in [0.29, 0.717) is 6.04 Å². The van der Waals surface area contributed by atoms with Crippen LogP contribution in [0.25, 0.3) is 0 Å². The molecule has 1 aliphatic heterocycles. The van der Waals surface area contributed by atoms with Gasteiger partial charge in [0.2, 0.25) is 0 Å². The van der Waals surface area contributed by atoms with Crippen LogP contribution in [0, 0.1) is 6.92 Å². The molecule has 1 aromatic carbocycles. The molecular weight excluding hydrogens is 473 g/mol. The number of piperidine rings is 1. The molecule has 1 aliphatic rings. The Balaban J connectivity index is 0.00000300. The first kappa shape index (κ1) is 23.6. The smallest absolute Gasteiger partial charge is 0.191 e. The fourth-order valence-corrected chi connectivity index (χ4v) is 3.74. The van der Waals surface area contributed by atoms with Gasteiger partial charge in [-0.2, -0.15) is 0 Å².